The first kappa shape index (κ1) is 14.3. The van der Waals surface area contributed by atoms with E-state index in [9.17, 15) is 0 Å². The van der Waals surface area contributed by atoms with Gasteiger partial charge >= 0.3 is 6.01 Å². The second-order valence-corrected chi connectivity index (χ2v) is 5.22. The maximum absolute atomic E-state index is 6.08. The largest absolute Gasteiger partial charge is 0.467 e. The van der Waals surface area contributed by atoms with Gasteiger partial charge in [0.1, 0.15) is 0 Å². The Morgan fingerprint density at radius 3 is 2.63 bits per heavy atom. The number of nitrogens with zero attached hydrogens (tertiary/aromatic N) is 3. The van der Waals surface area contributed by atoms with Crippen molar-refractivity contribution in [2.45, 2.75) is 6.92 Å². The number of rotatable bonds is 3. The summed E-state index contributed by atoms with van der Waals surface area (Å²) in [6.07, 6.45) is 0. The van der Waals surface area contributed by atoms with Gasteiger partial charge in [-0.3, -0.25) is 0 Å². The number of hydrogen-bond donors (Lipinski definition) is 1. The summed E-state index contributed by atoms with van der Waals surface area (Å²) in [6, 6.07) is 3.80. The van der Waals surface area contributed by atoms with E-state index in [-0.39, 0.29) is 17.2 Å². The second-order valence-electron chi connectivity index (χ2n) is 3.62. The van der Waals surface area contributed by atoms with Gasteiger partial charge in [-0.2, -0.15) is 15.0 Å². The Morgan fingerprint density at radius 1 is 1.21 bits per heavy atom. The summed E-state index contributed by atoms with van der Waals surface area (Å²) in [5.74, 6) is 0.275. The van der Waals surface area contributed by atoms with Gasteiger partial charge in [0, 0.05) is 9.50 Å². The quantitative estimate of drug-likeness (QED) is 0.892. The molecule has 0 radical (unpaired) electrons. The Balaban J connectivity index is 2.36. The van der Waals surface area contributed by atoms with Crippen LogP contribution in [-0.4, -0.2) is 22.1 Å². The van der Waals surface area contributed by atoms with E-state index in [0.29, 0.717) is 5.02 Å². The molecule has 0 spiro atoms. The van der Waals surface area contributed by atoms with Gasteiger partial charge in [0.15, 0.2) is 0 Å². The Kier molecular flexibility index (Phi) is 4.44. The summed E-state index contributed by atoms with van der Waals surface area (Å²) in [4.78, 5) is 11.8. The lowest BCUT2D eigenvalue weighted by Crippen LogP contribution is -2.02. The van der Waals surface area contributed by atoms with Gasteiger partial charge in [-0.25, -0.2) is 0 Å². The predicted octanol–water partition coefficient (Wildman–Crippen LogP) is 4.00. The number of ether oxygens (including phenoxy) is 1. The molecule has 2 rings (SSSR count). The van der Waals surface area contributed by atoms with E-state index < -0.39 is 0 Å². The summed E-state index contributed by atoms with van der Waals surface area (Å²) in [5, 5.41) is 3.68. The minimum absolute atomic E-state index is 0.0451. The molecule has 1 N–H and O–H groups in total. The minimum Gasteiger partial charge on any atom is -0.467 e. The maximum atomic E-state index is 6.08. The van der Waals surface area contributed by atoms with Crippen LogP contribution in [0.15, 0.2) is 16.6 Å². The predicted molar refractivity (Wildman–Crippen MR) is 78.6 cm³/mol. The molecule has 2 aromatic rings. The van der Waals surface area contributed by atoms with E-state index in [4.69, 9.17) is 27.9 Å². The number of halogens is 3. The SMILES string of the molecule is COc1nc(Cl)nc(Nc2cc(Cl)c(C)cc2Br)n1. The molecule has 1 aromatic heterocycles. The lowest BCUT2D eigenvalue weighted by atomic mass is 10.2. The number of aromatic nitrogens is 3. The molecule has 0 amide bonds. The number of aryl methyl sites for hydroxylation is 1. The molecule has 0 aliphatic heterocycles. The van der Waals surface area contributed by atoms with Crippen molar-refractivity contribution in [3.05, 3.63) is 32.5 Å². The average Bonchev–Trinajstić information content (AvgIpc) is 2.35. The third-order valence-corrected chi connectivity index (χ3v) is 3.50. The Labute approximate surface area is 128 Å². The number of benzene rings is 1. The molecular weight excluding hydrogens is 355 g/mol. The van der Waals surface area contributed by atoms with Gasteiger partial charge in [0.05, 0.1) is 12.8 Å². The summed E-state index contributed by atoms with van der Waals surface area (Å²) in [5.41, 5.74) is 1.69. The number of nitrogens with one attached hydrogen (secondary N) is 1. The van der Waals surface area contributed by atoms with Crippen LogP contribution in [0.25, 0.3) is 0 Å². The average molecular weight is 364 g/mol. The molecule has 0 saturated carbocycles. The van der Waals surface area contributed by atoms with E-state index in [1.165, 1.54) is 7.11 Å². The van der Waals surface area contributed by atoms with Crippen molar-refractivity contribution in [1.82, 2.24) is 15.0 Å². The van der Waals surface area contributed by atoms with Gasteiger partial charge in [-0.05, 0) is 52.2 Å². The van der Waals surface area contributed by atoms with Gasteiger partial charge in [-0.15, -0.1) is 0 Å². The molecule has 0 unspecified atom stereocenters. The van der Waals surface area contributed by atoms with Crippen LogP contribution >= 0.6 is 39.1 Å². The molecule has 100 valence electrons. The molecule has 0 fully saturated rings. The maximum Gasteiger partial charge on any atom is 0.322 e. The molecular formula is C11H9BrCl2N4O. The number of anilines is 2. The minimum atomic E-state index is 0.0451. The fourth-order valence-electron chi connectivity index (χ4n) is 1.34. The van der Waals surface area contributed by atoms with E-state index in [2.05, 4.69) is 36.2 Å². The summed E-state index contributed by atoms with van der Waals surface area (Å²) >= 11 is 15.3. The van der Waals surface area contributed by atoms with Crippen molar-refractivity contribution in [3.8, 4) is 6.01 Å². The second kappa shape index (κ2) is 5.90. The molecule has 19 heavy (non-hydrogen) atoms. The van der Waals surface area contributed by atoms with E-state index in [0.717, 1.165) is 15.7 Å². The van der Waals surface area contributed by atoms with Crippen LogP contribution in [0.3, 0.4) is 0 Å². The number of methoxy groups -OCH3 is 1. The summed E-state index contributed by atoms with van der Waals surface area (Å²) in [7, 11) is 1.45. The van der Waals surface area contributed by atoms with Crippen molar-refractivity contribution in [1.29, 1.82) is 0 Å². The molecule has 0 atom stereocenters. The smallest absolute Gasteiger partial charge is 0.322 e. The molecule has 5 nitrogen and oxygen atoms in total. The Bertz CT molecular complexity index is 624. The first-order valence-corrected chi connectivity index (χ1v) is 6.72. The fraction of sp³-hybridized carbons (Fsp3) is 0.182. The monoisotopic (exact) mass is 362 g/mol. The molecule has 0 bridgehead atoms. The fourth-order valence-corrected chi connectivity index (χ4v) is 2.21. The van der Waals surface area contributed by atoms with Crippen molar-refractivity contribution in [2.24, 2.45) is 0 Å². The molecule has 0 aliphatic carbocycles. The standard InChI is InChI=1S/C11H9BrCl2N4O/c1-5-3-6(12)8(4-7(5)13)15-10-16-9(14)17-11(18-10)19-2/h3-4H,1-2H3,(H,15,16,17,18). The van der Waals surface area contributed by atoms with Crippen molar-refractivity contribution < 1.29 is 4.74 Å². The molecule has 1 heterocycles. The van der Waals surface area contributed by atoms with Gasteiger partial charge in [0.2, 0.25) is 11.2 Å². The van der Waals surface area contributed by atoms with Crippen molar-refractivity contribution >= 4 is 50.8 Å². The lowest BCUT2D eigenvalue weighted by molar-refractivity contribution is 0.379. The normalized spacial score (nSPS) is 10.4. The third kappa shape index (κ3) is 3.46. The summed E-state index contributed by atoms with van der Waals surface area (Å²) in [6.45, 7) is 1.92. The van der Waals surface area contributed by atoms with E-state index in [1.54, 1.807) is 6.07 Å². The molecule has 1 aromatic carbocycles. The van der Waals surface area contributed by atoms with Crippen LogP contribution in [0, 0.1) is 6.92 Å². The number of hydrogen-bond acceptors (Lipinski definition) is 5. The van der Waals surface area contributed by atoms with Gasteiger partial charge < -0.3 is 10.1 Å². The van der Waals surface area contributed by atoms with Crippen LogP contribution in [0.4, 0.5) is 11.6 Å². The first-order valence-electron chi connectivity index (χ1n) is 5.18. The van der Waals surface area contributed by atoms with Crippen molar-refractivity contribution in [3.63, 3.8) is 0 Å². The highest BCUT2D eigenvalue weighted by molar-refractivity contribution is 9.10. The van der Waals surface area contributed by atoms with Crippen LogP contribution in [0.1, 0.15) is 5.56 Å². The third-order valence-electron chi connectivity index (χ3n) is 2.26. The van der Waals surface area contributed by atoms with Crippen LogP contribution in [-0.2, 0) is 0 Å². The topological polar surface area (TPSA) is 59.9 Å². The molecule has 0 aliphatic rings. The zero-order valence-electron chi connectivity index (χ0n) is 10.0. The van der Waals surface area contributed by atoms with E-state index in [1.807, 2.05) is 13.0 Å². The Hall–Kier alpha value is -1.11. The highest BCUT2D eigenvalue weighted by Crippen LogP contribution is 2.30. The van der Waals surface area contributed by atoms with Crippen LogP contribution in [0.2, 0.25) is 10.3 Å². The first-order chi connectivity index (χ1) is 8.99. The zero-order chi connectivity index (χ0) is 14.0. The molecule has 8 heteroatoms. The van der Waals surface area contributed by atoms with Crippen molar-refractivity contribution in [2.75, 3.05) is 12.4 Å². The lowest BCUT2D eigenvalue weighted by Gasteiger charge is -2.09. The highest BCUT2D eigenvalue weighted by Gasteiger charge is 2.09. The highest BCUT2D eigenvalue weighted by atomic mass is 79.9. The molecule has 0 saturated heterocycles. The Morgan fingerprint density at radius 2 is 1.95 bits per heavy atom. The summed E-state index contributed by atoms with van der Waals surface area (Å²) < 4.78 is 5.76. The van der Waals surface area contributed by atoms with E-state index >= 15 is 0 Å². The van der Waals surface area contributed by atoms with Crippen LogP contribution < -0.4 is 10.1 Å². The van der Waals surface area contributed by atoms with Gasteiger partial charge in [-0.1, -0.05) is 11.6 Å². The van der Waals surface area contributed by atoms with Crippen LogP contribution in [0.5, 0.6) is 6.01 Å². The zero-order valence-corrected chi connectivity index (χ0v) is 13.1. The van der Waals surface area contributed by atoms with Gasteiger partial charge in [0.25, 0.3) is 0 Å².